The zero-order valence-electron chi connectivity index (χ0n) is 15.7. The summed E-state index contributed by atoms with van der Waals surface area (Å²) >= 11 is 0. The third-order valence-corrected chi connectivity index (χ3v) is 4.65. The summed E-state index contributed by atoms with van der Waals surface area (Å²) in [5, 5.41) is 14.1. The van der Waals surface area contributed by atoms with Gasteiger partial charge in [0.1, 0.15) is 17.1 Å². The molecule has 0 aliphatic carbocycles. The SMILES string of the molecule is COc1ccc2c(c1)[C@H](NC(=O)c1ccc(C)c([N+](=O)[O-])c1)CC(C)(C)O2. The van der Waals surface area contributed by atoms with Gasteiger partial charge >= 0.3 is 0 Å². The van der Waals surface area contributed by atoms with Crippen LogP contribution in [0.4, 0.5) is 5.69 Å². The first-order valence-electron chi connectivity index (χ1n) is 8.63. The molecule has 7 heteroatoms. The number of fused-ring (bicyclic) bond motifs is 1. The highest BCUT2D eigenvalue weighted by Crippen LogP contribution is 2.41. The fourth-order valence-electron chi connectivity index (χ4n) is 3.28. The third-order valence-electron chi connectivity index (χ3n) is 4.65. The number of nitrogens with one attached hydrogen (secondary N) is 1. The molecule has 0 radical (unpaired) electrons. The van der Waals surface area contributed by atoms with Crippen LogP contribution in [0.2, 0.25) is 0 Å². The second kappa shape index (κ2) is 6.90. The number of nitro groups is 1. The van der Waals surface area contributed by atoms with Crippen molar-refractivity contribution in [1.29, 1.82) is 0 Å². The molecule has 0 aromatic heterocycles. The normalized spacial score (nSPS) is 17.4. The Labute approximate surface area is 157 Å². The lowest BCUT2D eigenvalue weighted by atomic mass is 9.89. The lowest BCUT2D eigenvalue weighted by Gasteiger charge is -2.38. The van der Waals surface area contributed by atoms with Crippen LogP contribution in [0.1, 0.15) is 47.8 Å². The molecule has 0 fully saturated rings. The molecule has 1 atom stereocenters. The first-order chi connectivity index (χ1) is 12.7. The third kappa shape index (κ3) is 3.86. The topological polar surface area (TPSA) is 90.7 Å². The summed E-state index contributed by atoms with van der Waals surface area (Å²) in [5.41, 5.74) is 1.05. The zero-order chi connectivity index (χ0) is 19.8. The van der Waals surface area contributed by atoms with E-state index in [-0.39, 0.29) is 23.2 Å². The molecule has 7 nitrogen and oxygen atoms in total. The van der Waals surface area contributed by atoms with E-state index >= 15 is 0 Å². The molecule has 1 amide bonds. The van der Waals surface area contributed by atoms with Crippen LogP contribution < -0.4 is 14.8 Å². The van der Waals surface area contributed by atoms with E-state index in [9.17, 15) is 14.9 Å². The number of ether oxygens (including phenoxy) is 2. The quantitative estimate of drug-likeness (QED) is 0.650. The molecule has 0 spiro atoms. The van der Waals surface area contributed by atoms with Crippen molar-refractivity contribution in [2.24, 2.45) is 0 Å². The first-order valence-corrected chi connectivity index (χ1v) is 8.63. The van der Waals surface area contributed by atoms with Crippen LogP contribution in [-0.2, 0) is 0 Å². The van der Waals surface area contributed by atoms with Crippen LogP contribution >= 0.6 is 0 Å². The fourth-order valence-corrected chi connectivity index (χ4v) is 3.28. The van der Waals surface area contributed by atoms with Crippen molar-refractivity contribution < 1.29 is 19.2 Å². The Bertz CT molecular complexity index is 907. The molecular weight excluding hydrogens is 348 g/mol. The Kier molecular flexibility index (Phi) is 4.78. The number of carbonyl (C=O) groups is 1. The maximum absolute atomic E-state index is 12.8. The molecule has 1 aliphatic rings. The molecule has 2 aromatic carbocycles. The van der Waals surface area contributed by atoms with Gasteiger partial charge in [0, 0.05) is 29.2 Å². The predicted molar refractivity (Wildman–Crippen MR) is 100 cm³/mol. The van der Waals surface area contributed by atoms with Crippen LogP contribution in [0, 0.1) is 17.0 Å². The summed E-state index contributed by atoms with van der Waals surface area (Å²) in [6.45, 7) is 5.55. The van der Waals surface area contributed by atoms with Gasteiger partial charge in [-0.05, 0) is 45.0 Å². The molecule has 0 saturated carbocycles. The van der Waals surface area contributed by atoms with E-state index in [0.29, 0.717) is 23.5 Å². The molecule has 2 aromatic rings. The van der Waals surface area contributed by atoms with Crippen LogP contribution in [0.3, 0.4) is 0 Å². The summed E-state index contributed by atoms with van der Waals surface area (Å²) in [5.74, 6) is 0.990. The van der Waals surface area contributed by atoms with Crippen LogP contribution in [0.25, 0.3) is 0 Å². The number of nitrogens with zero attached hydrogens (tertiary/aromatic N) is 1. The first kappa shape index (κ1) is 18.7. The zero-order valence-corrected chi connectivity index (χ0v) is 15.7. The second-order valence-corrected chi connectivity index (χ2v) is 7.25. The van der Waals surface area contributed by atoms with E-state index in [1.54, 1.807) is 26.2 Å². The highest BCUT2D eigenvalue weighted by Gasteiger charge is 2.35. The van der Waals surface area contributed by atoms with Gasteiger partial charge < -0.3 is 14.8 Å². The molecule has 0 unspecified atom stereocenters. The van der Waals surface area contributed by atoms with Crippen molar-refractivity contribution in [2.75, 3.05) is 7.11 Å². The molecule has 1 heterocycles. The average molecular weight is 370 g/mol. The number of carbonyl (C=O) groups excluding carboxylic acids is 1. The molecule has 1 N–H and O–H groups in total. The van der Waals surface area contributed by atoms with E-state index in [1.165, 1.54) is 6.07 Å². The van der Waals surface area contributed by atoms with Gasteiger partial charge in [-0.3, -0.25) is 14.9 Å². The van der Waals surface area contributed by atoms with Crippen molar-refractivity contribution in [1.82, 2.24) is 5.32 Å². The van der Waals surface area contributed by atoms with E-state index in [4.69, 9.17) is 9.47 Å². The highest BCUT2D eigenvalue weighted by atomic mass is 16.6. The van der Waals surface area contributed by atoms with Crippen LogP contribution in [0.15, 0.2) is 36.4 Å². The van der Waals surface area contributed by atoms with E-state index in [2.05, 4.69) is 5.32 Å². The molecule has 27 heavy (non-hydrogen) atoms. The minimum absolute atomic E-state index is 0.0722. The average Bonchev–Trinajstić information content (AvgIpc) is 2.60. The molecule has 0 saturated heterocycles. The Hall–Kier alpha value is -3.09. The van der Waals surface area contributed by atoms with Gasteiger partial charge in [-0.2, -0.15) is 0 Å². The van der Waals surface area contributed by atoms with Crippen molar-refractivity contribution in [3.05, 3.63) is 63.2 Å². The lowest BCUT2D eigenvalue weighted by Crippen LogP contribution is -2.41. The van der Waals surface area contributed by atoms with Gasteiger partial charge in [-0.15, -0.1) is 0 Å². The van der Waals surface area contributed by atoms with E-state index < -0.39 is 10.5 Å². The van der Waals surface area contributed by atoms with Gasteiger partial charge in [0.25, 0.3) is 11.6 Å². The number of hydrogen-bond acceptors (Lipinski definition) is 5. The standard InChI is InChI=1S/C20H22N2O5/c1-12-5-6-13(9-17(12)22(24)25)19(23)21-16-11-20(2,3)27-18-8-7-14(26-4)10-15(16)18/h5-10,16H,11H2,1-4H3,(H,21,23)/t16-/m1/s1. The number of hydrogen-bond donors (Lipinski definition) is 1. The Morgan fingerprint density at radius 1 is 1.30 bits per heavy atom. The van der Waals surface area contributed by atoms with Gasteiger partial charge in [-0.25, -0.2) is 0 Å². The van der Waals surface area contributed by atoms with Gasteiger partial charge in [0.05, 0.1) is 18.1 Å². The summed E-state index contributed by atoms with van der Waals surface area (Å²) < 4.78 is 11.3. The Morgan fingerprint density at radius 3 is 2.70 bits per heavy atom. The van der Waals surface area contributed by atoms with Crippen molar-refractivity contribution >= 4 is 11.6 Å². The predicted octanol–water partition coefficient (Wildman–Crippen LogP) is 3.94. The maximum Gasteiger partial charge on any atom is 0.273 e. The summed E-state index contributed by atoms with van der Waals surface area (Å²) in [4.78, 5) is 23.4. The van der Waals surface area contributed by atoms with Crippen LogP contribution in [0.5, 0.6) is 11.5 Å². The number of benzene rings is 2. The molecule has 1 aliphatic heterocycles. The van der Waals surface area contributed by atoms with Crippen molar-refractivity contribution in [3.8, 4) is 11.5 Å². The fraction of sp³-hybridized carbons (Fsp3) is 0.350. The van der Waals surface area contributed by atoms with Gasteiger partial charge in [0.2, 0.25) is 0 Å². The highest BCUT2D eigenvalue weighted by molar-refractivity contribution is 5.95. The maximum atomic E-state index is 12.8. The molecule has 0 bridgehead atoms. The van der Waals surface area contributed by atoms with Crippen molar-refractivity contribution in [2.45, 2.75) is 38.8 Å². The molecule has 142 valence electrons. The number of amides is 1. The smallest absolute Gasteiger partial charge is 0.273 e. The van der Waals surface area contributed by atoms with Crippen molar-refractivity contribution in [3.63, 3.8) is 0 Å². The van der Waals surface area contributed by atoms with Crippen LogP contribution in [-0.4, -0.2) is 23.5 Å². The molecule has 3 rings (SSSR count). The minimum atomic E-state index is -0.482. The van der Waals surface area contributed by atoms with Gasteiger partial charge in [0.15, 0.2) is 0 Å². The second-order valence-electron chi connectivity index (χ2n) is 7.25. The van der Waals surface area contributed by atoms with Gasteiger partial charge in [-0.1, -0.05) is 6.07 Å². The number of rotatable bonds is 4. The Balaban J connectivity index is 1.92. The summed E-state index contributed by atoms with van der Waals surface area (Å²) in [6.07, 6.45) is 0.562. The molecular formula is C20H22N2O5. The number of nitro benzene ring substituents is 1. The largest absolute Gasteiger partial charge is 0.497 e. The Morgan fingerprint density at radius 2 is 2.04 bits per heavy atom. The summed E-state index contributed by atoms with van der Waals surface area (Å²) in [7, 11) is 1.58. The lowest BCUT2D eigenvalue weighted by molar-refractivity contribution is -0.385. The summed E-state index contributed by atoms with van der Waals surface area (Å²) in [6, 6.07) is 9.65. The number of methoxy groups -OCH3 is 1. The monoisotopic (exact) mass is 370 g/mol. The van der Waals surface area contributed by atoms with E-state index in [0.717, 1.165) is 5.56 Å². The van der Waals surface area contributed by atoms with E-state index in [1.807, 2.05) is 32.0 Å². The number of aryl methyl sites for hydroxylation is 1. The minimum Gasteiger partial charge on any atom is -0.497 e.